The Morgan fingerprint density at radius 3 is 3.00 bits per heavy atom. The van der Waals surface area contributed by atoms with Crippen molar-refractivity contribution in [3.05, 3.63) is 45.9 Å². The molecule has 2 aromatic rings. The first-order valence-corrected chi connectivity index (χ1v) is 6.40. The van der Waals surface area contributed by atoms with Crippen LogP contribution in [-0.2, 0) is 6.42 Å². The molecule has 0 aliphatic rings. The molecule has 0 radical (unpaired) electrons. The first-order chi connectivity index (χ1) is 8.65. The molecule has 1 heterocycles. The number of carboxylic acid groups (broad SMARTS) is 1. The molecule has 2 rings (SSSR count). The van der Waals surface area contributed by atoms with E-state index in [1.807, 2.05) is 12.3 Å². The molecule has 0 fully saturated rings. The zero-order valence-electron chi connectivity index (χ0n) is 9.92. The maximum atomic E-state index is 10.8. The lowest BCUT2D eigenvalue weighted by Gasteiger charge is -2.05. The molecule has 0 aliphatic heterocycles. The van der Waals surface area contributed by atoms with Crippen molar-refractivity contribution in [3.8, 4) is 5.75 Å². The maximum Gasteiger partial charge on any atom is 0.335 e. The summed E-state index contributed by atoms with van der Waals surface area (Å²) in [6.07, 6.45) is 0.724. The van der Waals surface area contributed by atoms with Crippen molar-refractivity contribution in [1.29, 1.82) is 0 Å². The molecule has 1 aromatic carbocycles. The molecule has 0 saturated heterocycles. The third-order valence-electron chi connectivity index (χ3n) is 2.37. The van der Waals surface area contributed by atoms with Gasteiger partial charge in [0.2, 0.25) is 0 Å². The second kappa shape index (κ2) is 5.64. The van der Waals surface area contributed by atoms with Gasteiger partial charge in [0.05, 0.1) is 22.9 Å². The highest BCUT2D eigenvalue weighted by molar-refractivity contribution is 7.09. The highest BCUT2D eigenvalue weighted by Crippen LogP contribution is 2.14. The lowest BCUT2D eigenvalue weighted by atomic mass is 10.2. The number of hydrogen-bond donors (Lipinski definition) is 1. The Morgan fingerprint density at radius 1 is 1.50 bits per heavy atom. The number of ether oxygens (including phenoxy) is 1. The summed E-state index contributed by atoms with van der Waals surface area (Å²) in [4.78, 5) is 15.1. The van der Waals surface area contributed by atoms with Crippen LogP contribution in [0.4, 0.5) is 0 Å². The van der Waals surface area contributed by atoms with Crippen molar-refractivity contribution < 1.29 is 14.6 Å². The molecule has 0 amide bonds. The van der Waals surface area contributed by atoms with E-state index in [9.17, 15) is 4.79 Å². The summed E-state index contributed by atoms with van der Waals surface area (Å²) in [5.74, 6) is -0.377. The lowest BCUT2D eigenvalue weighted by molar-refractivity contribution is 0.0696. The number of hydrogen-bond acceptors (Lipinski definition) is 4. The third kappa shape index (κ3) is 3.30. The van der Waals surface area contributed by atoms with E-state index in [4.69, 9.17) is 9.84 Å². The van der Waals surface area contributed by atoms with Gasteiger partial charge in [0.25, 0.3) is 0 Å². The first-order valence-electron chi connectivity index (χ1n) is 5.52. The van der Waals surface area contributed by atoms with Crippen molar-refractivity contribution in [1.82, 2.24) is 4.98 Å². The summed E-state index contributed by atoms with van der Waals surface area (Å²) < 4.78 is 5.51. The predicted molar refractivity (Wildman–Crippen MR) is 69.5 cm³/mol. The molecular weight excluding hydrogens is 250 g/mol. The van der Waals surface area contributed by atoms with Gasteiger partial charge >= 0.3 is 5.97 Å². The largest absolute Gasteiger partial charge is 0.493 e. The van der Waals surface area contributed by atoms with Crippen molar-refractivity contribution in [2.24, 2.45) is 0 Å². The van der Waals surface area contributed by atoms with Gasteiger partial charge in [0.15, 0.2) is 0 Å². The number of benzene rings is 1. The number of aryl methyl sites for hydroxylation is 1. The molecule has 1 N–H and O–H groups in total. The van der Waals surface area contributed by atoms with E-state index in [2.05, 4.69) is 4.98 Å². The average molecular weight is 263 g/mol. The number of aromatic nitrogens is 1. The summed E-state index contributed by atoms with van der Waals surface area (Å²) in [5, 5.41) is 11.9. The first kappa shape index (κ1) is 12.6. The summed E-state index contributed by atoms with van der Waals surface area (Å²) in [7, 11) is 0. The Hall–Kier alpha value is -1.88. The SMILES string of the molecule is Cc1nc(CCOc2cccc(C(=O)O)c2)cs1. The quantitative estimate of drug-likeness (QED) is 0.901. The van der Waals surface area contributed by atoms with Gasteiger partial charge in [-0.1, -0.05) is 6.07 Å². The van der Waals surface area contributed by atoms with Crippen LogP contribution in [-0.4, -0.2) is 22.7 Å². The van der Waals surface area contributed by atoms with Gasteiger partial charge in [-0.15, -0.1) is 11.3 Å². The van der Waals surface area contributed by atoms with Gasteiger partial charge in [-0.05, 0) is 25.1 Å². The molecule has 94 valence electrons. The molecule has 0 unspecified atom stereocenters. The normalized spacial score (nSPS) is 10.3. The lowest BCUT2D eigenvalue weighted by Crippen LogP contribution is -2.03. The average Bonchev–Trinajstić information content (AvgIpc) is 2.75. The van der Waals surface area contributed by atoms with Crippen molar-refractivity contribution in [3.63, 3.8) is 0 Å². The van der Waals surface area contributed by atoms with Crippen molar-refractivity contribution in [2.45, 2.75) is 13.3 Å². The molecule has 0 bridgehead atoms. The molecule has 0 atom stereocenters. The van der Waals surface area contributed by atoms with Crippen LogP contribution in [0.2, 0.25) is 0 Å². The van der Waals surface area contributed by atoms with Gasteiger partial charge in [0.1, 0.15) is 5.75 Å². The Kier molecular flexibility index (Phi) is 3.94. The smallest absolute Gasteiger partial charge is 0.335 e. The third-order valence-corrected chi connectivity index (χ3v) is 3.20. The van der Waals surface area contributed by atoms with E-state index in [0.717, 1.165) is 17.1 Å². The Bertz CT molecular complexity index is 551. The highest BCUT2D eigenvalue weighted by atomic mass is 32.1. The summed E-state index contributed by atoms with van der Waals surface area (Å²) >= 11 is 1.61. The minimum Gasteiger partial charge on any atom is -0.493 e. The topological polar surface area (TPSA) is 59.4 Å². The minimum absolute atomic E-state index is 0.233. The molecular formula is C13H13NO3S. The van der Waals surface area contributed by atoms with Gasteiger partial charge < -0.3 is 9.84 Å². The number of rotatable bonds is 5. The Balaban J connectivity index is 1.90. The zero-order valence-corrected chi connectivity index (χ0v) is 10.7. The standard InChI is InChI=1S/C13H13NO3S/c1-9-14-11(8-18-9)5-6-17-12-4-2-3-10(7-12)13(15)16/h2-4,7-8H,5-6H2,1H3,(H,15,16). The molecule has 5 heteroatoms. The van der Waals surface area contributed by atoms with E-state index >= 15 is 0 Å². The monoisotopic (exact) mass is 263 g/mol. The number of carboxylic acids is 1. The number of thiazole rings is 1. The van der Waals surface area contributed by atoms with E-state index in [1.165, 1.54) is 6.07 Å². The van der Waals surface area contributed by atoms with Gasteiger partial charge in [-0.2, -0.15) is 0 Å². The van der Waals surface area contributed by atoms with Crippen LogP contribution in [0.3, 0.4) is 0 Å². The van der Waals surface area contributed by atoms with Crippen LogP contribution in [0.25, 0.3) is 0 Å². The van der Waals surface area contributed by atoms with Gasteiger partial charge in [-0.3, -0.25) is 0 Å². The van der Waals surface area contributed by atoms with Crippen LogP contribution in [0.1, 0.15) is 21.1 Å². The zero-order chi connectivity index (χ0) is 13.0. The molecule has 0 aliphatic carbocycles. The van der Waals surface area contributed by atoms with Crippen LogP contribution >= 0.6 is 11.3 Å². The number of aromatic carboxylic acids is 1. The van der Waals surface area contributed by atoms with Crippen LogP contribution in [0.5, 0.6) is 5.75 Å². The molecule has 18 heavy (non-hydrogen) atoms. The summed E-state index contributed by atoms with van der Waals surface area (Å²) in [6, 6.07) is 6.48. The van der Waals surface area contributed by atoms with Crippen molar-refractivity contribution >= 4 is 17.3 Å². The highest BCUT2D eigenvalue weighted by Gasteiger charge is 2.04. The fourth-order valence-corrected chi connectivity index (χ4v) is 2.16. The predicted octanol–water partition coefficient (Wildman–Crippen LogP) is 2.77. The van der Waals surface area contributed by atoms with E-state index < -0.39 is 5.97 Å². The van der Waals surface area contributed by atoms with E-state index in [-0.39, 0.29) is 5.56 Å². The minimum atomic E-state index is -0.949. The molecule has 0 spiro atoms. The molecule has 4 nitrogen and oxygen atoms in total. The summed E-state index contributed by atoms with van der Waals surface area (Å²) in [5.41, 5.74) is 1.24. The van der Waals surface area contributed by atoms with Crippen LogP contribution < -0.4 is 4.74 Å². The number of nitrogens with zero attached hydrogens (tertiary/aromatic N) is 1. The second-order valence-corrected chi connectivity index (χ2v) is 4.85. The molecule has 0 saturated carbocycles. The van der Waals surface area contributed by atoms with E-state index in [1.54, 1.807) is 29.5 Å². The molecule has 1 aromatic heterocycles. The maximum absolute atomic E-state index is 10.8. The fraction of sp³-hybridized carbons (Fsp3) is 0.231. The summed E-state index contributed by atoms with van der Waals surface area (Å²) in [6.45, 7) is 2.46. The number of carbonyl (C=O) groups is 1. The van der Waals surface area contributed by atoms with Crippen molar-refractivity contribution in [2.75, 3.05) is 6.61 Å². The van der Waals surface area contributed by atoms with Gasteiger partial charge in [0, 0.05) is 11.8 Å². The second-order valence-electron chi connectivity index (χ2n) is 3.79. The van der Waals surface area contributed by atoms with Crippen LogP contribution in [0, 0.1) is 6.92 Å². The van der Waals surface area contributed by atoms with Crippen LogP contribution in [0.15, 0.2) is 29.6 Å². The van der Waals surface area contributed by atoms with Gasteiger partial charge in [-0.25, -0.2) is 9.78 Å². The fourth-order valence-electron chi connectivity index (χ4n) is 1.52. The van der Waals surface area contributed by atoms with E-state index in [0.29, 0.717) is 12.4 Å². The Labute approximate surface area is 109 Å². The Morgan fingerprint density at radius 2 is 2.33 bits per heavy atom.